The van der Waals surface area contributed by atoms with Crippen LogP contribution in [0.2, 0.25) is 0 Å². The highest BCUT2D eigenvalue weighted by Gasteiger charge is 2.09. The van der Waals surface area contributed by atoms with Crippen LogP contribution < -0.4 is 16.2 Å². The fraction of sp³-hybridized carbons (Fsp3) is 0. The Hall–Kier alpha value is -1.97. The molecule has 0 aromatic heterocycles. The van der Waals surface area contributed by atoms with E-state index in [9.17, 15) is 9.59 Å². The van der Waals surface area contributed by atoms with Gasteiger partial charge in [-0.05, 0) is 0 Å². The summed E-state index contributed by atoms with van der Waals surface area (Å²) in [5, 5.41) is 11.3. The fourth-order valence-electron chi connectivity index (χ4n) is 1.33. The summed E-state index contributed by atoms with van der Waals surface area (Å²) in [6.45, 7) is 0. The van der Waals surface area contributed by atoms with Gasteiger partial charge in [-0.3, -0.25) is 9.59 Å². The van der Waals surface area contributed by atoms with Gasteiger partial charge in [-0.15, -0.1) is 0 Å². The largest absolute Gasteiger partial charge is 0.410 e. The Balaban J connectivity index is 3.26. The summed E-state index contributed by atoms with van der Waals surface area (Å²) in [5.41, 5.74) is -1.02. The van der Waals surface area contributed by atoms with Crippen molar-refractivity contribution in [2.45, 2.75) is 0 Å². The normalized spacial score (nSPS) is 10.5. The van der Waals surface area contributed by atoms with E-state index < -0.39 is 16.2 Å². The summed E-state index contributed by atoms with van der Waals surface area (Å²) in [4.78, 5) is 22.7. The molecular weight excluding hydrogens is 170 g/mol. The number of hydrogen-bond donors (Lipinski definition) is 1. The number of nitrogens with zero attached hydrogens (tertiary/aromatic N) is 1. The van der Waals surface area contributed by atoms with Gasteiger partial charge in [0.2, 0.25) is 10.9 Å². The van der Waals surface area contributed by atoms with Gasteiger partial charge in [0.1, 0.15) is 0 Å². The summed E-state index contributed by atoms with van der Waals surface area (Å²) < 4.78 is 0. The van der Waals surface area contributed by atoms with Crippen molar-refractivity contribution in [3.8, 4) is 0 Å². The molecule has 0 unspecified atom stereocenters. The van der Waals surface area contributed by atoms with Crippen LogP contribution in [0, 0.1) is 0 Å². The Bertz CT molecular complexity index is 556. The van der Waals surface area contributed by atoms with E-state index in [0.717, 1.165) is 0 Å². The maximum absolute atomic E-state index is 11.3. The molecule has 4 nitrogen and oxygen atoms in total. The molecule has 2 rings (SSSR count). The minimum Gasteiger partial charge on any atom is -0.410 e. The van der Waals surface area contributed by atoms with Crippen molar-refractivity contribution in [3.05, 3.63) is 50.1 Å². The Kier molecular flexibility index (Phi) is 1.48. The average molecular weight is 175 g/mol. The number of rotatable bonds is 0. The van der Waals surface area contributed by atoms with Crippen LogP contribution in [0.5, 0.6) is 0 Å². The van der Waals surface area contributed by atoms with Crippen LogP contribution in [-0.2, 0) is 0 Å². The molecule has 0 bridgehead atoms. The van der Waals surface area contributed by atoms with E-state index in [1.54, 1.807) is 12.1 Å². The SMILES string of the molecule is O=c1c(=NO)c(=O)c2ccccc12. The van der Waals surface area contributed by atoms with Crippen LogP contribution in [0.15, 0.2) is 39.0 Å². The summed E-state index contributed by atoms with van der Waals surface area (Å²) in [7, 11) is 0. The molecule has 0 aliphatic heterocycles. The number of fused-ring (bicyclic) bond motifs is 1. The Morgan fingerprint density at radius 2 is 1.46 bits per heavy atom. The standard InChI is InChI=1S/C9H5NO3/c11-8-5-3-1-2-4-6(5)9(12)7(8)10-13/h1-4,13H. The van der Waals surface area contributed by atoms with Gasteiger partial charge in [-0.25, -0.2) is 0 Å². The maximum Gasteiger partial charge on any atom is 0.219 e. The summed E-state index contributed by atoms with van der Waals surface area (Å²) in [6.07, 6.45) is 0. The first-order valence-electron chi connectivity index (χ1n) is 3.66. The fourth-order valence-corrected chi connectivity index (χ4v) is 1.33. The van der Waals surface area contributed by atoms with Gasteiger partial charge in [0, 0.05) is 10.8 Å². The molecule has 0 heterocycles. The van der Waals surface area contributed by atoms with Crippen molar-refractivity contribution in [2.75, 3.05) is 0 Å². The van der Waals surface area contributed by atoms with Crippen molar-refractivity contribution in [3.63, 3.8) is 0 Å². The smallest absolute Gasteiger partial charge is 0.219 e. The third-order valence-electron chi connectivity index (χ3n) is 1.95. The zero-order valence-electron chi connectivity index (χ0n) is 6.52. The van der Waals surface area contributed by atoms with Crippen LogP contribution in [0.3, 0.4) is 0 Å². The lowest BCUT2D eigenvalue weighted by atomic mass is 10.2. The molecule has 1 N–H and O–H groups in total. The van der Waals surface area contributed by atoms with Gasteiger partial charge >= 0.3 is 0 Å². The van der Waals surface area contributed by atoms with Crippen LogP contribution in [0.4, 0.5) is 0 Å². The van der Waals surface area contributed by atoms with E-state index in [0.29, 0.717) is 10.8 Å². The first kappa shape index (κ1) is 7.67. The zero-order chi connectivity index (χ0) is 9.42. The Labute approximate surface area is 72.1 Å². The molecule has 64 valence electrons. The van der Waals surface area contributed by atoms with Gasteiger partial charge in [-0.1, -0.05) is 29.4 Å². The third kappa shape index (κ3) is 0.885. The molecule has 0 fully saturated rings. The second kappa shape index (κ2) is 2.52. The highest BCUT2D eigenvalue weighted by Crippen LogP contribution is 2.01. The molecular formula is C9H5NO3. The van der Waals surface area contributed by atoms with Crippen LogP contribution in [0.1, 0.15) is 0 Å². The second-order valence-corrected chi connectivity index (χ2v) is 2.65. The number of benzene rings is 1. The maximum atomic E-state index is 11.3. The Morgan fingerprint density at radius 1 is 1.00 bits per heavy atom. The van der Waals surface area contributed by atoms with E-state index >= 15 is 0 Å². The van der Waals surface area contributed by atoms with Crippen molar-refractivity contribution in [1.29, 1.82) is 0 Å². The van der Waals surface area contributed by atoms with E-state index in [1.165, 1.54) is 12.1 Å². The molecule has 0 atom stereocenters. The van der Waals surface area contributed by atoms with E-state index in [2.05, 4.69) is 5.16 Å². The van der Waals surface area contributed by atoms with Gasteiger partial charge in [-0.2, -0.15) is 0 Å². The van der Waals surface area contributed by atoms with E-state index in [-0.39, 0.29) is 0 Å². The Morgan fingerprint density at radius 3 is 1.85 bits per heavy atom. The monoisotopic (exact) mass is 175 g/mol. The second-order valence-electron chi connectivity index (χ2n) is 2.65. The predicted octanol–water partition coefficient (Wildman–Crippen LogP) is -0.274. The van der Waals surface area contributed by atoms with Crippen LogP contribution >= 0.6 is 0 Å². The average Bonchev–Trinajstić information content (AvgIpc) is 2.41. The van der Waals surface area contributed by atoms with Crippen molar-refractivity contribution < 1.29 is 5.21 Å². The van der Waals surface area contributed by atoms with Gasteiger partial charge in [0.15, 0.2) is 5.36 Å². The highest BCUT2D eigenvalue weighted by molar-refractivity contribution is 5.83. The molecule has 0 saturated heterocycles. The molecule has 13 heavy (non-hydrogen) atoms. The van der Waals surface area contributed by atoms with Crippen LogP contribution in [0.25, 0.3) is 10.8 Å². The molecule has 0 amide bonds. The predicted molar refractivity (Wildman–Crippen MR) is 46.2 cm³/mol. The summed E-state index contributed by atoms with van der Waals surface area (Å²) >= 11 is 0. The first-order chi connectivity index (χ1) is 6.25. The molecule has 0 aliphatic carbocycles. The highest BCUT2D eigenvalue weighted by atomic mass is 16.4. The third-order valence-corrected chi connectivity index (χ3v) is 1.95. The van der Waals surface area contributed by atoms with Gasteiger partial charge < -0.3 is 5.21 Å². The molecule has 0 radical (unpaired) electrons. The topological polar surface area (TPSA) is 66.7 Å². The molecule has 0 aliphatic rings. The van der Waals surface area contributed by atoms with E-state index in [1.807, 2.05) is 0 Å². The number of hydrogen-bond acceptors (Lipinski definition) is 4. The summed E-state index contributed by atoms with van der Waals surface area (Å²) in [6, 6.07) is 6.39. The van der Waals surface area contributed by atoms with Crippen molar-refractivity contribution in [1.82, 2.24) is 0 Å². The van der Waals surface area contributed by atoms with Crippen molar-refractivity contribution >= 4 is 10.8 Å². The minimum atomic E-state index is -0.511. The quantitative estimate of drug-likeness (QED) is 0.442. The molecule has 2 aromatic carbocycles. The lowest BCUT2D eigenvalue weighted by molar-refractivity contribution is 0.301. The zero-order valence-corrected chi connectivity index (χ0v) is 6.52. The first-order valence-corrected chi connectivity index (χ1v) is 3.66. The molecule has 0 saturated carbocycles. The molecule has 0 spiro atoms. The molecule has 4 heteroatoms. The van der Waals surface area contributed by atoms with Gasteiger partial charge in [0.25, 0.3) is 0 Å². The molecule has 2 aromatic rings. The lowest BCUT2D eigenvalue weighted by Crippen LogP contribution is -2.31. The van der Waals surface area contributed by atoms with Crippen molar-refractivity contribution in [2.24, 2.45) is 5.16 Å². The summed E-state index contributed by atoms with van der Waals surface area (Å²) in [5.74, 6) is 0. The lowest BCUT2D eigenvalue weighted by Gasteiger charge is -1.81. The minimum absolute atomic E-state index is 0.306. The van der Waals surface area contributed by atoms with Crippen LogP contribution in [-0.4, -0.2) is 5.21 Å². The van der Waals surface area contributed by atoms with Gasteiger partial charge in [0.05, 0.1) is 0 Å². The van der Waals surface area contributed by atoms with E-state index in [4.69, 9.17) is 5.21 Å².